The van der Waals surface area contributed by atoms with Gasteiger partial charge >= 0.3 is 6.36 Å². The summed E-state index contributed by atoms with van der Waals surface area (Å²) >= 11 is 0. The summed E-state index contributed by atoms with van der Waals surface area (Å²) in [5.41, 5.74) is 2.03. The van der Waals surface area contributed by atoms with Crippen LogP contribution in [-0.2, 0) is 4.79 Å². The van der Waals surface area contributed by atoms with Crippen molar-refractivity contribution in [1.29, 1.82) is 0 Å². The standard InChI is InChI=1S/C27H23F5N2O2/c1-2-14-33-26(35)20-15-23(24-21(28)4-3-5-22(24)29)34-25(20)18-8-6-16(7-9-18)17-10-12-19(13-11-17)36-27(30,31)32/h3-13,20,25H,2,14-15H2,1H3,(H,33,35). The molecule has 0 saturated carbocycles. The number of ether oxygens (including phenoxy) is 1. The van der Waals surface area contributed by atoms with Crippen LogP contribution >= 0.6 is 0 Å². The van der Waals surface area contributed by atoms with Crippen LogP contribution in [-0.4, -0.2) is 24.5 Å². The lowest BCUT2D eigenvalue weighted by Crippen LogP contribution is -2.33. The Morgan fingerprint density at radius 3 is 2.11 bits per heavy atom. The zero-order valence-electron chi connectivity index (χ0n) is 19.3. The van der Waals surface area contributed by atoms with Crippen molar-refractivity contribution >= 4 is 11.6 Å². The van der Waals surface area contributed by atoms with Gasteiger partial charge in [-0.05, 0) is 47.4 Å². The molecule has 36 heavy (non-hydrogen) atoms. The molecule has 1 amide bonds. The van der Waals surface area contributed by atoms with Gasteiger partial charge in [0.15, 0.2) is 0 Å². The molecule has 4 rings (SSSR count). The minimum absolute atomic E-state index is 0.0838. The number of amides is 1. The first-order valence-corrected chi connectivity index (χ1v) is 11.4. The van der Waals surface area contributed by atoms with Crippen molar-refractivity contribution in [3.63, 3.8) is 0 Å². The maximum absolute atomic E-state index is 14.4. The first kappa shape index (κ1) is 25.3. The molecule has 1 heterocycles. The Balaban J connectivity index is 1.62. The van der Waals surface area contributed by atoms with Crippen molar-refractivity contribution in [3.05, 3.63) is 89.5 Å². The number of carbonyl (C=O) groups is 1. The fourth-order valence-corrected chi connectivity index (χ4v) is 4.21. The Hall–Kier alpha value is -3.75. The van der Waals surface area contributed by atoms with Gasteiger partial charge in [-0.3, -0.25) is 9.79 Å². The molecule has 2 unspecified atom stereocenters. The number of nitrogens with one attached hydrogen (secondary N) is 1. The van der Waals surface area contributed by atoms with Crippen molar-refractivity contribution in [1.82, 2.24) is 5.32 Å². The monoisotopic (exact) mass is 502 g/mol. The lowest BCUT2D eigenvalue weighted by molar-refractivity contribution is -0.274. The second-order valence-electron chi connectivity index (χ2n) is 8.41. The third-order valence-corrected chi connectivity index (χ3v) is 5.90. The van der Waals surface area contributed by atoms with Crippen LogP contribution in [0.1, 0.15) is 36.9 Å². The molecule has 1 aliphatic heterocycles. The summed E-state index contributed by atoms with van der Waals surface area (Å²) in [6, 6.07) is 15.4. The van der Waals surface area contributed by atoms with Gasteiger partial charge in [0.05, 0.1) is 17.5 Å². The Kier molecular flexibility index (Phi) is 7.37. The first-order chi connectivity index (χ1) is 17.2. The second kappa shape index (κ2) is 10.5. The average Bonchev–Trinajstić information content (AvgIpc) is 3.27. The lowest BCUT2D eigenvalue weighted by atomic mass is 9.90. The van der Waals surface area contributed by atoms with E-state index in [9.17, 15) is 26.7 Å². The third kappa shape index (κ3) is 5.72. The fraction of sp³-hybridized carbons (Fsp3) is 0.259. The summed E-state index contributed by atoms with van der Waals surface area (Å²) in [7, 11) is 0. The van der Waals surface area contributed by atoms with Gasteiger partial charge in [0.25, 0.3) is 0 Å². The third-order valence-electron chi connectivity index (χ3n) is 5.90. The molecule has 3 aromatic carbocycles. The molecule has 0 radical (unpaired) electrons. The van der Waals surface area contributed by atoms with Crippen LogP contribution in [0.15, 0.2) is 71.7 Å². The molecule has 1 aliphatic rings. The van der Waals surface area contributed by atoms with Crippen molar-refractivity contribution in [2.45, 2.75) is 32.2 Å². The normalized spacial score (nSPS) is 17.6. The number of rotatable bonds is 7. The van der Waals surface area contributed by atoms with Crippen LogP contribution in [0.25, 0.3) is 11.1 Å². The number of carbonyl (C=O) groups excluding carboxylic acids is 1. The minimum atomic E-state index is -4.77. The van der Waals surface area contributed by atoms with Crippen molar-refractivity contribution < 1.29 is 31.5 Å². The van der Waals surface area contributed by atoms with Crippen molar-refractivity contribution in [3.8, 4) is 16.9 Å². The van der Waals surface area contributed by atoms with Gasteiger partial charge in [0, 0.05) is 18.7 Å². The highest BCUT2D eigenvalue weighted by molar-refractivity contribution is 6.05. The van der Waals surface area contributed by atoms with E-state index in [4.69, 9.17) is 0 Å². The van der Waals surface area contributed by atoms with E-state index in [1.165, 1.54) is 30.3 Å². The van der Waals surface area contributed by atoms with E-state index in [1.54, 1.807) is 24.3 Å². The van der Waals surface area contributed by atoms with E-state index in [1.807, 2.05) is 6.92 Å². The summed E-state index contributed by atoms with van der Waals surface area (Å²) in [6.45, 7) is 2.39. The highest BCUT2D eigenvalue weighted by Crippen LogP contribution is 2.38. The Bertz CT molecular complexity index is 1230. The summed E-state index contributed by atoms with van der Waals surface area (Å²) in [5.74, 6) is -2.69. The number of alkyl halides is 3. The van der Waals surface area contributed by atoms with E-state index in [0.29, 0.717) is 17.7 Å². The van der Waals surface area contributed by atoms with E-state index < -0.39 is 30.0 Å². The predicted molar refractivity (Wildman–Crippen MR) is 126 cm³/mol. The molecular weight excluding hydrogens is 479 g/mol. The van der Waals surface area contributed by atoms with Gasteiger partial charge in [-0.15, -0.1) is 13.2 Å². The average molecular weight is 502 g/mol. The van der Waals surface area contributed by atoms with Crippen molar-refractivity contribution in [2.75, 3.05) is 6.54 Å². The molecular formula is C27H23F5N2O2. The smallest absolute Gasteiger partial charge is 0.406 e. The number of hydrogen-bond acceptors (Lipinski definition) is 3. The number of hydrogen-bond donors (Lipinski definition) is 1. The van der Waals surface area contributed by atoms with E-state index in [0.717, 1.165) is 24.1 Å². The fourth-order valence-electron chi connectivity index (χ4n) is 4.21. The van der Waals surface area contributed by atoms with Crippen LogP contribution in [0.5, 0.6) is 5.75 Å². The van der Waals surface area contributed by atoms with Gasteiger partial charge in [0.1, 0.15) is 17.4 Å². The van der Waals surface area contributed by atoms with Gasteiger partial charge in [0.2, 0.25) is 5.91 Å². The largest absolute Gasteiger partial charge is 0.573 e. The molecule has 0 saturated heterocycles. The van der Waals surface area contributed by atoms with Crippen LogP contribution < -0.4 is 10.1 Å². The Morgan fingerprint density at radius 2 is 1.56 bits per heavy atom. The molecule has 2 atom stereocenters. The number of benzene rings is 3. The maximum Gasteiger partial charge on any atom is 0.573 e. The molecule has 188 valence electrons. The zero-order valence-corrected chi connectivity index (χ0v) is 19.3. The first-order valence-electron chi connectivity index (χ1n) is 11.4. The molecule has 0 aliphatic carbocycles. The summed E-state index contributed by atoms with van der Waals surface area (Å²) in [5, 5.41) is 2.84. The molecule has 9 heteroatoms. The van der Waals surface area contributed by atoms with Crippen LogP contribution in [0.4, 0.5) is 22.0 Å². The number of halogens is 5. The number of nitrogens with zero attached hydrogens (tertiary/aromatic N) is 1. The molecule has 0 bridgehead atoms. The molecule has 4 nitrogen and oxygen atoms in total. The van der Waals surface area contributed by atoms with Crippen LogP contribution in [0, 0.1) is 17.6 Å². The summed E-state index contributed by atoms with van der Waals surface area (Å²) in [4.78, 5) is 17.5. The lowest BCUT2D eigenvalue weighted by Gasteiger charge is -2.18. The Morgan fingerprint density at radius 1 is 0.972 bits per heavy atom. The second-order valence-corrected chi connectivity index (χ2v) is 8.41. The highest BCUT2D eigenvalue weighted by atomic mass is 19.4. The van der Waals surface area contributed by atoms with Crippen molar-refractivity contribution in [2.24, 2.45) is 10.9 Å². The highest BCUT2D eigenvalue weighted by Gasteiger charge is 2.37. The van der Waals surface area contributed by atoms with Gasteiger partial charge in [-0.1, -0.05) is 49.4 Å². The SMILES string of the molecule is CCCNC(=O)C1CC(c2c(F)cccc2F)=NC1c1ccc(-c2ccc(OC(F)(F)F)cc2)cc1. The van der Waals surface area contributed by atoms with Crippen LogP contribution in [0.2, 0.25) is 0 Å². The van der Waals surface area contributed by atoms with Gasteiger partial charge < -0.3 is 10.1 Å². The van der Waals surface area contributed by atoms with E-state index in [-0.39, 0.29) is 29.4 Å². The van der Waals surface area contributed by atoms with Gasteiger partial charge in [-0.2, -0.15) is 0 Å². The van der Waals surface area contributed by atoms with E-state index in [2.05, 4.69) is 15.0 Å². The summed E-state index contributed by atoms with van der Waals surface area (Å²) < 4.78 is 69.9. The zero-order chi connectivity index (χ0) is 25.9. The quantitative estimate of drug-likeness (QED) is 0.370. The van der Waals surface area contributed by atoms with E-state index >= 15 is 0 Å². The molecule has 0 fully saturated rings. The van der Waals surface area contributed by atoms with Gasteiger partial charge in [-0.25, -0.2) is 8.78 Å². The predicted octanol–water partition coefficient (Wildman–Crippen LogP) is 6.61. The molecule has 1 N–H and O–H groups in total. The maximum atomic E-state index is 14.4. The minimum Gasteiger partial charge on any atom is -0.406 e. The molecule has 0 aromatic heterocycles. The Labute approximate surface area is 204 Å². The summed E-state index contributed by atoms with van der Waals surface area (Å²) in [6.07, 6.45) is -3.95. The topological polar surface area (TPSA) is 50.7 Å². The number of aliphatic imine (C=N–C) groups is 1. The van der Waals surface area contributed by atoms with Crippen LogP contribution in [0.3, 0.4) is 0 Å². The molecule has 0 spiro atoms. The molecule has 3 aromatic rings.